The molecule has 2 nitrogen and oxygen atoms in total. The van der Waals surface area contributed by atoms with Crippen LogP contribution in [0.15, 0.2) is 18.3 Å². The number of nitrogens with zero attached hydrogens (tertiary/aromatic N) is 1. The van der Waals surface area contributed by atoms with Crippen LogP contribution in [-0.4, -0.2) is 11.0 Å². The van der Waals surface area contributed by atoms with Crippen LogP contribution < -0.4 is 5.32 Å². The molecule has 1 aromatic rings. The van der Waals surface area contributed by atoms with Crippen LogP contribution >= 0.6 is 0 Å². The predicted molar refractivity (Wildman–Crippen MR) is 50.2 cm³/mol. The Labute approximate surface area is 73.0 Å². The van der Waals surface area contributed by atoms with E-state index in [4.69, 9.17) is 0 Å². The van der Waals surface area contributed by atoms with Crippen LogP contribution in [0.25, 0.3) is 0 Å². The number of aromatic nitrogens is 1. The van der Waals surface area contributed by atoms with Gasteiger partial charge < -0.3 is 5.32 Å². The third-order valence-electron chi connectivity index (χ3n) is 2.44. The molecule has 0 aromatic carbocycles. The summed E-state index contributed by atoms with van der Waals surface area (Å²) in [5, 5.41) is 3.42. The Morgan fingerprint density at radius 3 is 2.92 bits per heavy atom. The monoisotopic (exact) mass is 162 g/mol. The van der Waals surface area contributed by atoms with Crippen LogP contribution in [0.5, 0.6) is 0 Å². The van der Waals surface area contributed by atoms with Crippen LogP contribution in [-0.2, 0) is 0 Å². The highest BCUT2D eigenvalue weighted by Crippen LogP contribution is 2.32. The maximum absolute atomic E-state index is 4.28. The van der Waals surface area contributed by atoms with Gasteiger partial charge in [-0.1, -0.05) is 13.0 Å². The molecular formula is C10H14N2. The largest absolute Gasteiger partial charge is 0.367 e. The molecule has 2 rings (SSSR count). The van der Waals surface area contributed by atoms with Crippen molar-refractivity contribution >= 4 is 5.82 Å². The predicted octanol–water partition coefficient (Wildman–Crippen LogP) is 2.21. The minimum absolute atomic E-state index is 0.665. The molecule has 0 spiro atoms. The van der Waals surface area contributed by atoms with E-state index in [1.807, 2.05) is 12.3 Å². The number of rotatable bonds is 2. The minimum atomic E-state index is 0.665. The van der Waals surface area contributed by atoms with E-state index in [9.17, 15) is 0 Å². The number of nitrogens with one attached hydrogen (secondary N) is 1. The lowest BCUT2D eigenvalue weighted by Gasteiger charge is -2.05. The Hall–Kier alpha value is -1.05. The summed E-state index contributed by atoms with van der Waals surface area (Å²) in [5.74, 6) is 1.87. The minimum Gasteiger partial charge on any atom is -0.367 e. The van der Waals surface area contributed by atoms with E-state index in [1.54, 1.807) is 0 Å². The molecule has 1 aliphatic carbocycles. The number of hydrogen-bond donors (Lipinski definition) is 1. The maximum Gasteiger partial charge on any atom is 0.129 e. The Bertz CT molecular complexity index is 283. The standard InChI is InChI=1S/C10H14N2/c1-7-4-3-5-11-10(7)12-9-6-8(9)2/h3-5,8-9H,6H2,1-2H3,(H,11,12). The quantitative estimate of drug-likeness (QED) is 0.721. The first-order chi connectivity index (χ1) is 5.77. The summed E-state index contributed by atoms with van der Waals surface area (Å²) in [6.45, 7) is 4.35. The van der Waals surface area contributed by atoms with Gasteiger partial charge in [-0.3, -0.25) is 0 Å². The van der Waals surface area contributed by atoms with Gasteiger partial charge in [-0.2, -0.15) is 0 Å². The molecule has 0 radical (unpaired) electrons. The molecule has 0 saturated heterocycles. The molecule has 1 heterocycles. The summed E-state index contributed by atoms with van der Waals surface area (Å²) in [6.07, 6.45) is 3.12. The smallest absolute Gasteiger partial charge is 0.129 e. The van der Waals surface area contributed by atoms with Gasteiger partial charge in [0.05, 0.1) is 0 Å². The topological polar surface area (TPSA) is 24.9 Å². The molecule has 64 valence electrons. The number of aryl methyl sites for hydroxylation is 1. The summed E-state index contributed by atoms with van der Waals surface area (Å²) in [7, 11) is 0. The molecule has 1 aromatic heterocycles. The Kier molecular flexibility index (Phi) is 1.75. The molecule has 2 atom stereocenters. The number of pyridine rings is 1. The van der Waals surface area contributed by atoms with E-state index in [-0.39, 0.29) is 0 Å². The maximum atomic E-state index is 4.28. The molecule has 0 bridgehead atoms. The van der Waals surface area contributed by atoms with Crippen molar-refractivity contribution in [2.45, 2.75) is 26.3 Å². The van der Waals surface area contributed by atoms with E-state index in [2.05, 4.69) is 30.2 Å². The van der Waals surface area contributed by atoms with Gasteiger partial charge in [0.1, 0.15) is 5.82 Å². The first-order valence-corrected chi connectivity index (χ1v) is 4.45. The lowest BCUT2D eigenvalue weighted by molar-refractivity contribution is 0.922. The van der Waals surface area contributed by atoms with E-state index in [0.29, 0.717) is 6.04 Å². The van der Waals surface area contributed by atoms with Gasteiger partial charge in [0.2, 0.25) is 0 Å². The van der Waals surface area contributed by atoms with Gasteiger partial charge in [0, 0.05) is 12.2 Å². The van der Waals surface area contributed by atoms with Crippen molar-refractivity contribution in [2.24, 2.45) is 5.92 Å². The van der Waals surface area contributed by atoms with Crippen molar-refractivity contribution < 1.29 is 0 Å². The SMILES string of the molecule is Cc1cccnc1NC1CC1C. The van der Waals surface area contributed by atoms with Crippen molar-refractivity contribution in [2.75, 3.05) is 5.32 Å². The summed E-state index contributed by atoms with van der Waals surface area (Å²) in [4.78, 5) is 4.28. The summed E-state index contributed by atoms with van der Waals surface area (Å²) in [5.41, 5.74) is 1.23. The van der Waals surface area contributed by atoms with E-state index < -0.39 is 0 Å². The van der Waals surface area contributed by atoms with Crippen molar-refractivity contribution in [1.82, 2.24) is 4.98 Å². The fourth-order valence-electron chi connectivity index (χ4n) is 1.34. The molecule has 1 fully saturated rings. The molecule has 0 amide bonds. The molecule has 2 heteroatoms. The van der Waals surface area contributed by atoms with Gasteiger partial charge in [-0.15, -0.1) is 0 Å². The Balaban J connectivity index is 2.08. The molecule has 1 N–H and O–H groups in total. The molecule has 1 saturated carbocycles. The molecule has 12 heavy (non-hydrogen) atoms. The third-order valence-corrected chi connectivity index (χ3v) is 2.44. The van der Waals surface area contributed by atoms with Crippen molar-refractivity contribution in [3.8, 4) is 0 Å². The van der Waals surface area contributed by atoms with Gasteiger partial charge in [0.15, 0.2) is 0 Å². The van der Waals surface area contributed by atoms with Gasteiger partial charge in [-0.25, -0.2) is 4.98 Å². The molecule has 0 aliphatic heterocycles. The fourth-order valence-corrected chi connectivity index (χ4v) is 1.34. The summed E-state index contributed by atoms with van der Waals surface area (Å²) >= 11 is 0. The van der Waals surface area contributed by atoms with Crippen molar-refractivity contribution in [3.05, 3.63) is 23.9 Å². The van der Waals surface area contributed by atoms with Crippen LogP contribution in [0.2, 0.25) is 0 Å². The normalized spacial score (nSPS) is 26.8. The van der Waals surface area contributed by atoms with Gasteiger partial charge in [0.25, 0.3) is 0 Å². The van der Waals surface area contributed by atoms with E-state index in [1.165, 1.54) is 12.0 Å². The van der Waals surface area contributed by atoms with Gasteiger partial charge >= 0.3 is 0 Å². The number of hydrogen-bond acceptors (Lipinski definition) is 2. The lowest BCUT2D eigenvalue weighted by atomic mass is 10.3. The highest BCUT2D eigenvalue weighted by Gasteiger charge is 2.32. The highest BCUT2D eigenvalue weighted by molar-refractivity contribution is 5.44. The summed E-state index contributed by atoms with van der Waals surface area (Å²) < 4.78 is 0. The van der Waals surface area contributed by atoms with Crippen LogP contribution in [0, 0.1) is 12.8 Å². The first-order valence-electron chi connectivity index (χ1n) is 4.45. The zero-order chi connectivity index (χ0) is 8.55. The molecular weight excluding hydrogens is 148 g/mol. The Morgan fingerprint density at radius 2 is 2.33 bits per heavy atom. The van der Waals surface area contributed by atoms with Crippen molar-refractivity contribution in [1.29, 1.82) is 0 Å². The average molecular weight is 162 g/mol. The first kappa shape index (κ1) is 7.59. The fraction of sp³-hybridized carbons (Fsp3) is 0.500. The third kappa shape index (κ3) is 1.42. The van der Waals surface area contributed by atoms with Crippen LogP contribution in [0.3, 0.4) is 0 Å². The highest BCUT2D eigenvalue weighted by atomic mass is 15.0. The second-order valence-corrected chi connectivity index (χ2v) is 3.63. The average Bonchev–Trinajstić information content (AvgIpc) is 2.72. The van der Waals surface area contributed by atoms with Crippen molar-refractivity contribution in [3.63, 3.8) is 0 Å². The van der Waals surface area contributed by atoms with Crippen LogP contribution in [0.1, 0.15) is 18.9 Å². The van der Waals surface area contributed by atoms with Gasteiger partial charge in [-0.05, 0) is 30.9 Å². The lowest BCUT2D eigenvalue weighted by Crippen LogP contribution is -2.06. The summed E-state index contributed by atoms with van der Waals surface area (Å²) in [6, 6.07) is 4.72. The number of anilines is 1. The van der Waals surface area contributed by atoms with E-state index in [0.717, 1.165) is 11.7 Å². The van der Waals surface area contributed by atoms with E-state index >= 15 is 0 Å². The second-order valence-electron chi connectivity index (χ2n) is 3.63. The Morgan fingerprint density at radius 1 is 1.58 bits per heavy atom. The second kappa shape index (κ2) is 2.77. The van der Waals surface area contributed by atoms with Crippen LogP contribution in [0.4, 0.5) is 5.82 Å². The molecule has 2 unspecified atom stereocenters. The zero-order valence-corrected chi connectivity index (χ0v) is 7.54. The molecule has 1 aliphatic rings. The zero-order valence-electron chi connectivity index (χ0n) is 7.54.